The Morgan fingerprint density at radius 3 is 2.71 bits per heavy atom. The molecule has 0 aromatic heterocycles. The Kier molecular flexibility index (Phi) is 7.04. The fraction of sp³-hybridized carbons (Fsp3) is 1.00. The number of aliphatic hydroxyl groups is 1. The third kappa shape index (κ3) is 6.36. The lowest BCUT2D eigenvalue weighted by molar-refractivity contribution is 0.0700. The predicted octanol–water partition coefficient (Wildman–Crippen LogP) is 0.750. The highest BCUT2D eigenvalue weighted by molar-refractivity contribution is 4.79. The van der Waals surface area contributed by atoms with Gasteiger partial charge in [-0.25, -0.2) is 0 Å². The smallest absolute Gasteiger partial charge is 0.0620 e. The first-order valence-corrected chi connectivity index (χ1v) is 6.79. The van der Waals surface area contributed by atoms with Crippen molar-refractivity contribution in [3.63, 3.8) is 0 Å². The normalized spacial score (nSPS) is 24.9. The van der Waals surface area contributed by atoms with Gasteiger partial charge in [0.05, 0.1) is 19.8 Å². The molecule has 0 aromatic rings. The van der Waals surface area contributed by atoms with E-state index in [1.165, 1.54) is 0 Å². The van der Waals surface area contributed by atoms with Crippen LogP contribution in [0.4, 0.5) is 0 Å². The molecular formula is C13H28N2O2. The van der Waals surface area contributed by atoms with Crippen molar-refractivity contribution in [2.24, 2.45) is 5.92 Å². The molecule has 3 N–H and O–H groups in total. The average Bonchev–Trinajstić information content (AvgIpc) is 2.28. The quantitative estimate of drug-likeness (QED) is 0.618. The highest BCUT2D eigenvalue weighted by Crippen LogP contribution is 2.08. The molecule has 1 rings (SSSR count). The van der Waals surface area contributed by atoms with Gasteiger partial charge in [0, 0.05) is 24.7 Å². The van der Waals surface area contributed by atoms with Gasteiger partial charge in [0.25, 0.3) is 0 Å². The van der Waals surface area contributed by atoms with E-state index in [2.05, 4.69) is 31.4 Å². The van der Waals surface area contributed by atoms with Crippen LogP contribution < -0.4 is 10.6 Å². The van der Waals surface area contributed by atoms with E-state index in [1.807, 2.05) is 0 Å². The van der Waals surface area contributed by atoms with Gasteiger partial charge in [-0.05, 0) is 25.7 Å². The molecule has 17 heavy (non-hydrogen) atoms. The lowest BCUT2D eigenvalue weighted by Crippen LogP contribution is -2.47. The maximum atomic E-state index is 9.33. The molecule has 1 saturated heterocycles. The minimum atomic E-state index is 0.217. The third-order valence-corrected chi connectivity index (χ3v) is 3.13. The maximum Gasteiger partial charge on any atom is 0.0620 e. The zero-order chi connectivity index (χ0) is 12.7. The van der Waals surface area contributed by atoms with Crippen LogP contribution >= 0.6 is 0 Å². The topological polar surface area (TPSA) is 53.5 Å². The molecule has 4 nitrogen and oxygen atoms in total. The summed E-state index contributed by atoms with van der Waals surface area (Å²) in [5.74, 6) is 0.614. The molecule has 0 bridgehead atoms. The Balaban J connectivity index is 2.23. The van der Waals surface area contributed by atoms with Crippen molar-refractivity contribution in [3.8, 4) is 0 Å². The monoisotopic (exact) mass is 244 g/mol. The van der Waals surface area contributed by atoms with Crippen molar-refractivity contribution in [3.05, 3.63) is 0 Å². The van der Waals surface area contributed by atoms with Crippen LogP contribution in [-0.4, -0.2) is 49.6 Å². The summed E-state index contributed by atoms with van der Waals surface area (Å²) in [5.41, 5.74) is 0. The molecular weight excluding hydrogens is 216 g/mol. The standard InChI is InChI=1S/C13H28N2O2/c1-10(2)6-12(8-16)15-11(3)7-13-9-17-5-4-14-13/h10-16H,4-9H2,1-3H3. The van der Waals surface area contributed by atoms with Crippen LogP contribution in [0.1, 0.15) is 33.6 Å². The van der Waals surface area contributed by atoms with Crippen LogP contribution in [0.3, 0.4) is 0 Å². The Hall–Kier alpha value is -0.160. The fourth-order valence-corrected chi connectivity index (χ4v) is 2.43. The number of aliphatic hydroxyl groups excluding tert-OH is 1. The van der Waals surface area contributed by atoms with Crippen LogP contribution in [0.5, 0.6) is 0 Å². The van der Waals surface area contributed by atoms with Gasteiger partial charge in [-0.1, -0.05) is 13.8 Å². The number of nitrogens with one attached hydrogen (secondary N) is 2. The van der Waals surface area contributed by atoms with Crippen molar-refractivity contribution in [1.82, 2.24) is 10.6 Å². The van der Waals surface area contributed by atoms with Gasteiger partial charge < -0.3 is 20.5 Å². The Morgan fingerprint density at radius 1 is 1.41 bits per heavy atom. The van der Waals surface area contributed by atoms with Gasteiger partial charge in [0.1, 0.15) is 0 Å². The summed E-state index contributed by atoms with van der Waals surface area (Å²) in [6.45, 7) is 9.35. The number of ether oxygens (including phenoxy) is 1. The first kappa shape index (κ1) is 14.9. The van der Waals surface area contributed by atoms with E-state index < -0.39 is 0 Å². The lowest BCUT2D eigenvalue weighted by atomic mass is 10.0. The Morgan fingerprint density at radius 2 is 2.18 bits per heavy atom. The molecule has 0 spiro atoms. The van der Waals surface area contributed by atoms with E-state index in [1.54, 1.807) is 0 Å². The molecule has 1 aliphatic rings. The van der Waals surface area contributed by atoms with Gasteiger partial charge in [-0.15, -0.1) is 0 Å². The Bertz CT molecular complexity index is 194. The van der Waals surface area contributed by atoms with E-state index in [0.29, 0.717) is 18.0 Å². The van der Waals surface area contributed by atoms with E-state index in [9.17, 15) is 5.11 Å². The van der Waals surface area contributed by atoms with Crippen LogP contribution in [0.2, 0.25) is 0 Å². The summed E-state index contributed by atoms with van der Waals surface area (Å²) in [4.78, 5) is 0. The van der Waals surface area contributed by atoms with Crippen LogP contribution in [0, 0.1) is 5.92 Å². The van der Waals surface area contributed by atoms with Gasteiger partial charge >= 0.3 is 0 Å². The van der Waals surface area contributed by atoms with Gasteiger partial charge in [-0.3, -0.25) is 0 Å². The minimum absolute atomic E-state index is 0.217. The molecule has 1 aliphatic heterocycles. The molecule has 0 amide bonds. The van der Waals surface area contributed by atoms with Gasteiger partial charge in [-0.2, -0.15) is 0 Å². The van der Waals surface area contributed by atoms with Crippen LogP contribution in [-0.2, 0) is 4.74 Å². The van der Waals surface area contributed by atoms with Gasteiger partial charge in [0.2, 0.25) is 0 Å². The van der Waals surface area contributed by atoms with Crippen LogP contribution in [0.15, 0.2) is 0 Å². The molecule has 4 heteroatoms. The summed E-state index contributed by atoms with van der Waals surface area (Å²) in [7, 11) is 0. The summed E-state index contributed by atoms with van der Waals surface area (Å²) in [6.07, 6.45) is 2.07. The number of hydrogen-bond acceptors (Lipinski definition) is 4. The summed E-state index contributed by atoms with van der Waals surface area (Å²) < 4.78 is 5.44. The Labute approximate surface area is 105 Å². The summed E-state index contributed by atoms with van der Waals surface area (Å²) in [6, 6.07) is 1.07. The molecule has 1 fully saturated rings. The van der Waals surface area contributed by atoms with E-state index in [0.717, 1.165) is 32.6 Å². The zero-order valence-electron chi connectivity index (χ0n) is 11.4. The molecule has 3 unspecified atom stereocenters. The lowest BCUT2D eigenvalue weighted by Gasteiger charge is -2.29. The second kappa shape index (κ2) is 8.03. The molecule has 1 heterocycles. The van der Waals surface area contributed by atoms with Crippen molar-refractivity contribution < 1.29 is 9.84 Å². The summed E-state index contributed by atoms with van der Waals surface area (Å²) >= 11 is 0. The van der Waals surface area contributed by atoms with E-state index >= 15 is 0 Å². The molecule has 0 aliphatic carbocycles. The number of rotatable bonds is 7. The average molecular weight is 244 g/mol. The minimum Gasteiger partial charge on any atom is -0.395 e. The van der Waals surface area contributed by atoms with Crippen molar-refractivity contribution in [2.75, 3.05) is 26.4 Å². The van der Waals surface area contributed by atoms with E-state index in [-0.39, 0.29) is 12.6 Å². The summed E-state index contributed by atoms with van der Waals surface area (Å²) in [5, 5.41) is 16.3. The highest BCUT2D eigenvalue weighted by atomic mass is 16.5. The fourth-order valence-electron chi connectivity index (χ4n) is 2.43. The molecule has 102 valence electrons. The molecule has 0 radical (unpaired) electrons. The largest absolute Gasteiger partial charge is 0.395 e. The van der Waals surface area contributed by atoms with Crippen molar-refractivity contribution in [1.29, 1.82) is 0 Å². The second-order valence-corrected chi connectivity index (χ2v) is 5.54. The van der Waals surface area contributed by atoms with Crippen LogP contribution in [0.25, 0.3) is 0 Å². The first-order valence-electron chi connectivity index (χ1n) is 6.79. The first-order chi connectivity index (χ1) is 8.11. The third-order valence-electron chi connectivity index (χ3n) is 3.13. The zero-order valence-corrected chi connectivity index (χ0v) is 11.4. The second-order valence-electron chi connectivity index (χ2n) is 5.54. The molecule has 0 aromatic carbocycles. The number of morpholine rings is 1. The van der Waals surface area contributed by atoms with Crippen molar-refractivity contribution >= 4 is 0 Å². The van der Waals surface area contributed by atoms with E-state index in [4.69, 9.17) is 4.74 Å². The number of hydrogen-bond donors (Lipinski definition) is 3. The predicted molar refractivity (Wildman–Crippen MR) is 70.2 cm³/mol. The maximum absolute atomic E-state index is 9.33. The highest BCUT2D eigenvalue weighted by Gasteiger charge is 2.18. The SMILES string of the molecule is CC(C)CC(CO)NC(C)CC1COCCN1. The molecule has 0 saturated carbocycles. The van der Waals surface area contributed by atoms with Crippen molar-refractivity contribution in [2.45, 2.75) is 51.7 Å². The molecule has 3 atom stereocenters. The van der Waals surface area contributed by atoms with Gasteiger partial charge in [0.15, 0.2) is 0 Å².